The predicted molar refractivity (Wildman–Crippen MR) is 133 cm³/mol. The predicted octanol–water partition coefficient (Wildman–Crippen LogP) is 5.81. The van der Waals surface area contributed by atoms with Gasteiger partial charge in [0.05, 0.1) is 44.5 Å². The van der Waals surface area contributed by atoms with E-state index < -0.39 is 23.5 Å². The maximum atomic E-state index is 13.7. The van der Waals surface area contributed by atoms with E-state index in [4.69, 9.17) is 16.3 Å². The number of Topliss-reactive ketones (excluding diaryl/α,β-unsaturated/α-hetero) is 1. The molecular formula is C24H18ClN3O4S2. The minimum Gasteiger partial charge on any atom is -0.503 e. The molecule has 7 nitrogen and oxygen atoms in total. The molecule has 1 aliphatic rings. The lowest BCUT2D eigenvalue weighted by atomic mass is 9.95. The highest BCUT2D eigenvalue weighted by atomic mass is 35.5. The average Bonchev–Trinajstić information content (AvgIpc) is 3.46. The van der Waals surface area contributed by atoms with Crippen LogP contribution in [-0.2, 0) is 4.79 Å². The van der Waals surface area contributed by atoms with Crippen LogP contribution in [0.1, 0.15) is 32.0 Å². The second-order valence-corrected chi connectivity index (χ2v) is 10.3. The van der Waals surface area contributed by atoms with Gasteiger partial charge in [0.1, 0.15) is 5.75 Å². The fraction of sp³-hybridized carbons (Fsp3) is 0.167. The number of amides is 1. The van der Waals surface area contributed by atoms with Gasteiger partial charge in [-0.1, -0.05) is 35.1 Å². The maximum absolute atomic E-state index is 13.7. The SMILES string of the molecule is COc1ccc(C2C(C(=O)c3sc(C)nc3C)=C(O)C(=O)N2c2nc3ccc(Cl)cc3s2)cc1. The summed E-state index contributed by atoms with van der Waals surface area (Å²) >= 11 is 8.63. The maximum Gasteiger partial charge on any atom is 0.296 e. The van der Waals surface area contributed by atoms with Crippen LogP contribution in [0, 0.1) is 13.8 Å². The van der Waals surface area contributed by atoms with Crippen LogP contribution in [0.5, 0.6) is 5.75 Å². The lowest BCUT2D eigenvalue weighted by Gasteiger charge is -2.24. The molecule has 5 rings (SSSR count). The van der Waals surface area contributed by atoms with Gasteiger partial charge in [-0.2, -0.15) is 0 Å². The van der Waals surface area contributed by atoms with Crippen molar-refractivity contribution in [2.75, 3.05) is 12.0 Å². The van der Waals surface area contributed by atoms with E-state index in [1.165, 1.54) is 27.6 Å². The number of aliphatic hydroxyl groups is 1. The van der Waals surface area contributed by atoms with Crippen molar-refractivity contribution in [3.8, 4) is 5.75 Å². The lowest BCUT2D eigenvalue weighted by Crippen LogP contribution is -2.30. The molecule has 2 aromatic heterocycles. The molecule has 0 fully saturated rings. The largest absolute Gasteiger partial charge is 0.503 e. The second kappa shape index (κ2) is 8.50. The monoisotopic (exact) mass is 511 g/mol. The number of benzene rings is 2. The summed E-state index contributed by atoms with van der Waals surface area (Å²) in [6, 6.07) is 11.4. The topological polar surface area (TPSA) is 92.6 Å². The molecule has 3 heterocycles. The van der Waals surface area contributed by atoms with Gasteiger partial charge in [0, 0.05) is 5.02 Å². The van der Waals surface area contributed by atoms with Crippen LogP contribution in [0.3, 0.4) is 0 Å². The number of aryl methyl sites for hydroxylation is 2. The third-order valence-electron chi connectivity index (χ3n) is 5.54. The summed E-state index contributed by atoms with van der Waals surface area (Å²) in [5, 5.41) is 12.6. The highest BCUT2D eigenvalue weighted by Crippen LogP contribution is 2.45. The molecule has 0 spiro atoms. The van der Waals surface area contributed by atoms with Gasteiger partial charge in [0.15, 0.2) is 10.9 Å². The van der Waals surface area contributed by atoms with Crippen molar-refractivity contribution in [1.29, 1.82) is 0 Å². The summed E-state index contributed by atoms with van der Waals surface area (Å²) in [5.41, 5.74) is 1.86. The highest BCUT2D eigenvalue weighted by Gasteiger charge is 2.46. The number of hydrogen-bond donors (Lipinski definition) is 1. The molecule has 1 unspecified atom stereocenters. The van der Waals surface area contributed by atoms with E-state index in [1.54, 1.807) is 56.5 Å². The Morgan fingerprint density at radius 1 is 1.12 bits per heavy atom. The Morgan fingerprint density at radius 2 is 1.85 bits per heavy atom. The van der Waals surface area contributed by atoms with Crippen molar-refractivity contribution in [3.05, 3.63) is 80.0 Å². The number of methoxy groups -OCH3 is 1. The number of nitrogens with zero attached hydrogens (tertiary/aromatic N) is 3. The number of carbonyl (C=O) groups excluding carboxylic acids is 2. The van der Waals surface area contributed by atoms with Gasteiger partial charge in [-0.05, 0) is 49.7 Å². The summed E-state index contributed by atoms with van der Waals surface area (Å²) in [6.07, 6.45) is 0. The van der Waals surface area contributed by atoms with Crippen molar-refractivity contribution in [2.24, 2.45) is 0 Å². The first-order valence-corrected chi connectivity index (χ1v) is 12.2. The second-order valence-electron chi connectivity index (χ2n) is 7.70. The quantitative estimate of drug-likeness (QED) is 0.340. The van der Waals surface area contributed by atoms with Crippen LogP contribution in [0.15, 0.2) is 53.8 Å². The summed E-state index contributed by atoms with van der Waals surface area (Å²) in [4.78, 5) is 37.7. The number of ketones is 1. The van der Waals surface area contributed by atoms with Gasteiger partial charge in [-0.15, -0.1) is 11.3 Å². The number of hydrogen-bond acceptors (Lipinski definition) is 8. The van der Waals surface area contributed by atoms with Crippen LogP contribution in [-0.4, -0.2) is 33.9 Å². The van der Waals surface area contributed by atoms with Crippen molar-refractivity contribution in [3.63, 3.8) is 0 Å². The number of rotatable bonds is 5. The number of fused-ring (bicyclic) bond motifs is 1. The summed E-state index contributed by atoms with van der Waals surface area (Å²) in [7, 11) is 1.56. The van der Waals surface area contributed by atoms with Crippen molar-refractivity contribution < 1.29 is 19.4 Å². The molecule has 2 aromatic carbocycles. The van der Waals surface area contributed by atoms with E-state index in [0.29, 0.717) is 37.6 Å². The average molecular weight is 512 g/mol. The van der Waals surface area contributed by atoms with E-state index in [-0.39, 0.29) is 5.57 Å². The van der Waals surface area contributed by atoms with Crippen LogP contribution in [0.2, 0.25) is 5.02 Å². The fourth-order valence-electron chi connectivity index (χ4n) is 3.99. The Morgan fingerprint density at radius 3 is 2.50 bits per heavy atom. The number of anilines is 1. The molecule has 1 atom stereocenters. The van der Waals surface area contributed by atoms with E-state index in [2.05, 4.69) is 9.97 Å². The zero-order chi connectivity index (χ0) is 24.1. The van der Waals surface area contributed by atoms with Crippen LogP contribution < -0.4 is 9.64 Å². The number of thiazole rings is 2. The normalized spacial score (nSPS) is 16.1. The number of aliphatic hydroxyl groups excluding tert-OH is 1. The Bertz CT molecular complexity index is 1490. The van der Waals surface area contributed by atoms with Crippen molar-refractivity contribution in [1.82, 2.24) is 9.97 Å². The van der Waals surface area contributed by atoms with Gasteiger partial charge in [0.2, 0.25) is 5.78 Å². The first kappa shape index (κ1) is 22.5. The Labute approximate surface area is 207 Å². The van der Waals surface area contributed by atoms with Crippen LogP contribution in [0.25, 0.3) is 10.2 Å². The fourth-order valence-corrected chi connectivity index (χ4v) is 6.13. The zero-order valence-electron chi connectivity index (χ0n) is 18.3. The number of ether oxygens (including phenoxy) is 1. The van der Waals surface area contributed by atoms with Gasteiger partial charge >= 0.3 is 0 Å². The third-order valence-corrected chi connectivity index (χ3v) is 7.86. The number of halogens is 1. The molecule has 0 bridgehead atoms. The molecular weight excluding hydrogens is 494 g/mol. The first-order valence-electron chi connectivity index (χ1n) is 10.2. The van der Waals surface area contributed by atoms with Gasteiger partial charge in [-0.3, -0.25) is 14.5 Å². The first-order chi connectivity index (χ1) is 16.3. The smallest absolute Gasteiger partial charge is 0.296 e. The molecule has 1 amide bonds. The van der Waals surface area contributed by atoms with Gasteiger partial charge < -0.3 is 9.84 Å². The Kier molecular flexibility index (Phi) is 5.63. The molecule has 1 N–H and O–H groups in total. The van der Waals surface area contributed by atoms with Crippen LogP contribution >= 0.6 is 34.3 Å². The summed E-state index contributed by atoms with van der Waals surface area (Å²) in [6.45, 7) is 3.55. The molecule has 4 aromatic rings. The molecule has 10 heteroatoms. The summed E-state index contributed by atoms with van der Waals surface area (Å²) < 4.78 is 6.05. The van der Waals surface area contributed by atoms with E-state index >= 15 is 0 Å². The van der Waals surface area contributed by atoms with E-state index in [0.717, 1.165) is 9.71 Å². The van der Waals surface area contributed by atoms with E-state index in [1.807, 2.05) is 6.92 Å². The number of carbonyl (C=O) groups is 2. The van der Waals surface area contributed by atoms with E-state index in [9.17, 15) is 14.7 Å². The zero-order valence-corrected chi connectivity index (χ0v) is 20.7. The summed E-state index contributed by atoms with van der Waals surface area (Å²) in [5.74, 6) is -1.08. The minimum absolute atomic E-state index is 0.000736. The Balaban J connectivity index is 1.68. The Hall–Kier alpha value is -3.27. The number of aromatic nitrogens is 2. The molecule has 0 saturated carbocycles. The molecule has 0 saturated heterocycles. The molecule has 34 heavy (non-hydrogen) atoms. The van der Waals surface area contributed by atoms with Crippen molar-refractivity contribution in [2.45, 2.75) is 19.9 Å². The molecule has 0 aliphatic carbocycles. The molecule has 172 valence electrons. The van der Waals surface area contributed by atoms with Crippen LogP contribution in [0.4, 0.5) is 5.13 Å². The van der Waals surface area contributed by atoms with Gasteiger partial charge in [-0.25, -0.2) is 9.97 Å². The molecule has 0 radical (unpaired) electrons. The third kappa shape index (κ3) is 3.66. The van der Waals surface area contributed by atoms with Crippen molar-refractivity contribution >= 4 is 61.3 Å². The van der Waals surface area contributed by atoms with Gasteiger partial charge in [0.25, 0.3) is 5.91 Å². The highest BCUT2D eigenvalue weighted by molar-refractivity contribution is 7.22. The molecule has 1 aliphatic heterocycles. The lowest BCUT2D eigenvalue weighted by molar-refractivity contribution is -0.117. The minimum atomic E-state index is -0.872. The standard InChI is InChI=1S/C24H18ClN3O4S2/c1-11-22(33-12(2)26-11)20(29)18-19(13-4-7-15(32-3)8-5-13)28(23(31)21(18)30)24-27-16-9-6-14(25)10-17(16)34-24/h4-10,19,30H,1-3H3.